The van der Waals surface area contributed by atoms with E-state index in [-0.39, 0.29) is 33.9 Å². The van der Waals surface area contributed by atoms with Gasteiger partial charge in [0, 0.05) is 6.42 Å². The highest BCUT2D eigenvalue weighted by Crippen LogP contribution is 2.25. The van der Waals surface area contributed by atoms with Gasteiger partial charge >= 0.3 is 0 Å². The van der Waals surface area contributed by atoms with Crippen LogP contribution in [0.5, 0.6) is 0 Å². The molecule has 1 amide bonds. The molecule has 6 nitrogen and oxygen atoms in total. The van der Waals surface area contributed by atoms with Crippen LogP contribution >= 0.6 is 11.6 Å². The number of primary sulfonamides is 1. The van der Waals surface area contributed by atoms with Gasteiger partial charge in [0.25, 0.3) is 0 Å². The summed E-state index contributed by atoms with van der Waals surface area (Å²) in [5.41, 5.74) is 5.63. The van der Waals surface area contributed by atoms with Gasteiger partial charge in [-0.05, 0) is 30.7 Å². The van der Waals surface area contributed by atoms with Crippen molar-refractivity contribution in [3.63, 3.8) is 0 Å². The van der Waals surface area contributed by atoms with Crippen LogP contribution in [0.25, 0.3) is 0 Å². The molecule has 0 bridgehead atoms. The summed E-state index contributed by atoms with van der Waals surface area (Å²) in [7, 11) is -3.84. The summed E-state index contributed by atoms with van der Waals surface area (Å²) in [6.45, 7) is 2.22. The maximum Gasteiger partial charge on any atom is 0.238 e. The maximum absolute atomic E-state index is 11.7. The summed E-state index contributed by atoms with van der Waals surface area (Å²) in [4.78, 5) is 11.6. The smallest absolute Gasteiger partial charge is 0.238 e. The number of anilines is 1. The lowest BCUT2D eigenvalue weighted by molar-refractivity contribution is -0.116. The van der Waals surface area contributed by atoms with Crippen molar-refractivity contribution in [2.75, 3.05) is 11.9 Å². The van der Waals surface area contributed by atoms with E-state index in [9.17, 15) is 13.2 Å². The standard InChI is InChI=1S/C11H16ClN3O3S/c1-7(6-13)4-11(16)15-10-5-8(19(14,17)18)2-3-9(10)12/h2-3,5,7H,4,6,13H2,1H3,(H,15,16)(H2,14,17,18). The van der Waals surface area contributed by atoms with E-state index in [0.29, 0.717) is 6.54 Å². The van der Waals surface area contributed by atoms with Gasteiger partial charge in [-0.25, -0.2) is 13.6 Å². The van der Waals surface area contributed by atoms with E-state index in [0.717, 1.165) is 0 Å². The first-order valence-electron chi connectivity index (χ1n) is 5.56. The molecule has 0 aliphatic rings. The van der Waals surface area contributed by atoms with Gasteiger partial charge in [0.1, 0.15) is 0 Å². The van der Waals surface area contributed by atoms with Crippen molar-refractivity contribution < 1.29 is 13.2 Å². The fourth-order valence-corrected chi connectivity index (χ4v) is 2.08. The Morgan fingerprint density at radius 1 is 1.47 bits per heavy atom. The topological polar surface area (TPSA) is 115 Å². The lowest BCUT2D eigenvalue weighted by Gasteiger charge is -2.11. The van der Waals surface area contributed by atoms with Gasteiger partial charge in [0.15, 0.2) is 0 Å². The molecule has 0 saturated carbocycles. The van der Waals surface area contributed by atoms with E-state index in [4.69, 9.17) is 22.5 Å². The van der Waals surface area contributed by atoms with Crippen molar-refractivity contribution in [3.05, 3.63) is 23.2 Å². The van der Waals surface area contributed by atoms with Crippen LogP contribution in [0.2, 0.25) is 5.02 Å². The van der Waals surface area contributed by atoms with Crippen LogP contribution < -0.4 is 16.2 Å². The molecule has 1 unspecified atom stereocenters. The molecular weight excluding hydrogens is 290 g/mol. The molecule has 106 valence electrons. The minimum absolute atomic E-state index is 0.0280. The highest BCUT2D eigenvalue weighted by atomic mass is 35.5. The summed E-state index contributed by atoms with van der Waals surface area (Å²) < 4.78 is 22.4. The monoisotopic (exact) mass is 305 g/mol. The zero-order valence-corrected chi connectivity index (χ0v) is 12.0. The molecule has 8 heteroatoms. The first kappa shape index (κ1) is 15.9. The number of carbonyl (C=O) groups excluding carboxylic acids is 1. The Labute approximate surface area is 117 Å². The van der Waals surface area contributed by atoms with Crippen LogP contribution in [-0.4, -0.2) is 20.9 Å². The predicted molar refractivity (Wildman–Crippen MR) is 74.3 cm³/mol. The van der Waals surface area contributed by atoms with Gasteiger partial charge in [-0.3, -0.25) is 4.79 Å². The van der Waals surface area contributed by atoms with Crippen molar-refractivity contribution in [3.8, 4) is 0 Å². The normalized spacial score (nSPS) is 13.1. The summed E-state index contributed by atoms with van der Waals surface area (Å²) in [6, 6.07) is 3.86. The van der Waals surface area contributed by atoms with Gasteiger partial charge < -0.3 is 11.1 Å². The number of carbonyl (C=O) groups is 1. The second-order valence-electron chi connectivity index (χ2n) is 4.28. The van der Waals surface area contributed by atoms with Gasteiger partial charge in [0.2, 0.25) is 15.9 Å². The number of halogens is 1. The molecule has 19 heavy (non-hydrogen) atoms. The third-order valence-electron chi connectivity index (χ3n) is 2.48. The van der Waals surface area contributed by atoms with Gasteiger partial charge in [-0.1, -0.05) is 18.5 Å². The Hall–Kier alpha value is -1.15. The molecule has 1 atom stereocenters. The number of nitrogens with one attached hydrogen (secondary N) is 1. The van der Waals surface area contributed by atoms with E-state index in [2.05, 4.69) is 5.32 Å². The Morgan fingerprint density at radius 3 is 2.63 bits per heavy atom. The number of hydrogen-bond donors (Lipinski definition) is 3. The Bertz CT molecular complexity index is 575. The molecule has 0 heterocycles. The summed E-state index contributed by atoms with van der Waals surface area (Å²) >= 11 is 5.89. The summed E-state index contributed by atoms with van der Waals surface area (Å²) in [5.74, 6) is -0.258. The fraction of sp³-hybridized carbons (Fsp3) is 0.364. The number of sulfonamides is 1. The molecule has 0 spiro atoms. The summed E-state index contributed by atoms with van der Waals surface area (Å²) in [5, 5.41) is 7.79. The second-order valence-corrected chi connectivity index (χ2v) is 6.25. The second kappa shape index (κ2) is 6.33. The van der Waals surface area contributed by atoms with Crippen molar-refractivity contribution >= 4 is 33.2 Å². The van der Waals surface area contributed by atoms with E-state index < -0.39 is 10.0 Å². The van der Waals surface area contributed by atoms with Gasteiger partial charge in [-0.2, -0.15) is 0 Å². The number of nitrogens with two attached hydrogens (primary N) is 2. The third-order valence-corrected chi connectivity index (χ3v) is 3.72. The van der Waals surface area contributed by atoms with Crippen LogP contribution in [0.15, 0.2) is 23.1 Å². The van der Waals surface area contributed by atoms with Crippen molar-refractivity contribution in [1.29, 1.82) is 0 Å². The minimum Gasteiger partial charge on any atom is -0.330 e. The first-order chi connectivity index (χ1) is 8.74. The van der Waals surface area contributed by atoms with Crippen molar-refractivity contribution in [2.45, 2.75) is 18.2 Å². The van der Waals surface area contributed by atoms with E-state index >= 15 is 0 Å². The third kappa shape index (κ3) is 4.79. The zero-order chi connectivity index (χ0) is 14.6. The molecule has 0 aromatic heterocycles. The summed E-state index contributed by atoms with van der Waals surface area (Å²) in [6.07, 6.45) is 0.229. The van der Waals surface area contributed by atoms with E-state index in [1.165, 1.54) is 18.2 Å². The van der Waals surface area contributed by atoms with Crippen LogP contribution in [0.4, 0.5) is 5.69 Å². The van der Waals surface area contributed by atoms with Crippen LogP contribution in [-0.2, 0) is 14.8 Å². The van der Waals surface area contributed by atoms with E-state index in [1.54, 1.807) is 0 Å². The zero-order valence-electron chi connectivity index (χ0n) is 10.4. The SMILES string of the molecule is CC(CN)CC(=O)Nc1cc(S(N)(=O)=O)ccc1Cl. The molecule has 0 aliphatic heterocycles. The van der Waals surface area contributed by atoms with Crippen LogP contribution in [0.3, 0.4) is 0 Å². The van der Waals surface area contributed by atoms with Crippen LogP contribution in [0.1, 0.15) is 13.3 Å². The molecular formula is C11H16ClN3O3S. The molecule has 0 fully saturated rings. The maximum atomic E-state index is 11.7. The number of amides is 1. The molecule has 1 rings (SSSR count). The quantitative estimate of drug-likeness (QED) is 0.749. The molecule has 0 aliphatic carbocycles. The molecule has 1 aromatic rings. The predicted octanol–water partition coefficient (Wildman–Crippen LogP) is 0.911. The highest BCUT2D eigenvalue weighted by molar-refractivity contribution is 7.89. The lowest BCUT2D eigenvalue weighted by Crippen LogP contribution is -2.20. The molecule has 1 aromatic carbocycles. The first-order valence-corrected chi connectivity index (χ1v) is 7.48. The average molecular weight is 306 g/mol. The molecule has 5 N–H and O–H groups in total. The number of benzene rings is 1. The van der Waals surface area contributed by atoms with Gasteiger partial charge in [-0.15, -0.1) is 0 Å². The average Bonchev–Trinajstić information content (AvgIpc) is 2.30. The van der Waals surface area contributed by atoms with Crippen molar-refractivity contribution in [2.24, 2.45) is 16.8 Å². The lowest BCUT2D eigenvalue weighted by atomic mass is 10.1. The Balaban J connectivity index is 2.92. The Morgan fingerprint density at radius 2 is 2.11 bits per heavy atom. The molecule has 0 radical (unpaired) electrons. The number of hydrogen-bond acceptors (Lipinski definition) is 4. The van der Waals surface area contributed by atoms with E-state index in [1.807, 2.05) is 6.92 Å². The fourth-order valence-electron chi connectivity index (χ4n) is 1.38. The Kier molecular flexibility index (Phi) is 5.30. The number of rotatable bonds is 5. The minimum atomic E-state index is -3.84. The van der Waals surface area contributed by atoms with Crippen LogP contribution in [0, 0.1) is 5.92 Å². The molecule has 0 saturated heterocycles. The van der Waals surface area contributed by atoms with Crippen molar-refractivity contribution in [1.82, 2.24) is 0 Å². The van der Waals surface area contributed by atoms with Gasteiger partial charge in [0.05, 0.1) is 15.6 Å². The highest BCUT2D eigenvalue weighted by Gasteiger charge is 2.13. The largest absolute Gasteiger partial charge is 0.330 e.